The lowest BCUT2D eigenvalue weighted by Crippen LogP contribution is -2.55. The van der Waals surface area contributed by atoms with E-state index in [0.29, 0.717) is 12.5 Å². The molecule has 3 atom stereocenters. The molecule has 1 saturated heterocycles. The summed E-state index contributed by atoms with van der Waals surface area (Å²) in [5, 5.41) is 0. The first-order valence-corrected chi connectivity index (χ1v) is 11.5. The zero-order chi connectivity index (χ0) is 21.2. The fourth-order valence-electron chi connectivity index (χ4n) is 5.17. The van der Waals surface area contributed by atoms with Crippen LogP contribution in [-0.2, 0) is 11.3 Å². The van der Waals surface area contributed by atoms with Gasteiger partial charge in [0, 0.05) is 12.2 Å². The highest BCUT2D eigenvalue weighted by atomic mass is 16.2. The van der Waals surface area contributed by atoms with Crippen LogP contribution in [0.5, 0.6) is 0 Å². The van der Waals surface area contributed by atoms with E-state index >= 15 is 0 Å². The van der Waals surface area contributed by atoms with Crippen molar-refractivity contribution in [2.45, 2.75) is 44.2 Å². The predicted molar refractivity (Wildman–Crippen MR) is 126 cm³/mol. The molecule has 0 spiro atoms. The molecule has 3 heteroatoms. The molecule has 158 valence electrons. The second kappa shape index (κ2) is 8.68. The summed E-state index contributed by atoms with van der Waals surface area (Å²) < 4.78 is 0. The van der Waals surface area contributed by atoms with Gasteiger partial charge in [-0.2, -0.15) is 0 Å². The van der Waals surface area contributed by atoms with E-state index in [0.717, 1.165) is 30.0 Å². The molecule has 2 aliphatic rings. The molecule has 0 radical (unpaired) electrons. The maximum absolute atomic E-state index is 13.3. The van der Waals surface area contributed by atoms with Gasteiger partial charge in [-0.25, -0.2) is 0 Å². The number of hydrogen-bond acceptors (Lipinski definition) is 2. The minimum absolute atomic E-state index is 0.0431. The van der Waals surface area contributed by atoms with Gasteiger partial charge in [0.2, 0.25) is 5.91 Å². The topological polar surface area (TPSA) is 46.3 Å². The lowest BCUT2D eigenvalue weighted by atomic mass is 9.76. The smallest absolute Gasteiger partial charge is 0.233 e. The Hall–Kier alpha value is -2.91. The summed E-state index contributed by atoms with van der Waals surface area (Å²) in [6.45, 7) is 0.515. The van der Waals surface area contributed by atoms with Gasteiger partial charge in [0.05, 0.1) is 12.0 Å². The van der Waals surface area contributed by atoms with E-state index in [1.54, 1.807) is 0 Å². The fourth-order valence-corrected chi connectivity index (χ4v) is 5.17. The summed E-state index contributed by atoms with van der Waals surface area (Å²) in [5.41, 5.74) is 10.5. The van der Waals surface area contributed by atoms with E-state index in [1.807, 2.05) is 35.2 Å². The summed E-state index contributed by atoms with van der Waals surface area (Å²) in [7, 11) is 0. The highest BCUT2D eigenvalue weighted by Crippen LogP contribution is 2.50. The number of carbonyl (C=O) groups excluding carboxylic acids is 1. The van der Waals surface area contributed by atoms with Gasteiger partial charge in [-0.3, -0.25) is 4.79 Å². The normalized spacial score (nSPS) is 21.6. The lowest BCUT2D eigenvalue weighted by Gasteiger charge is -2.48. The van der Waals surface area contributed by atoms with Crippen LogP contribution in [0.25, 0.3) is 0 Å². The largest absolute Gasteiger partial charge is 0.326 e. The van der Waals surface area contributed by atoms with Crippen molar-refractivity contribution in [1.82, 2.24) is 0 Å². The predicted octanol–water partition coefficient (Wildman–Crippen LogP) is 5.82. The maximum Gasteiger partial charge on any atom is 0.233 e. The standard InChI is InChI=1S/C28H30N2O/c29-19-20-11-15-24(16-12-20)30-27(23-9-5-2-6-10-23)26(28(30)31)18-17-25(22-13-14-22)21-7-3-1-4-8-21/h1-12,15-16,22,25-27H,13-14,17-19,29H2. The Labute approximate surface area is 184 Å². The maximum atomic E-state index is 13.3. The Morgan fingerprint density at radius 1 is 0.871 bits per heavy atom. The summed E-state index contributed by atoms with van der Waals surface area (Å²) in [4.78, 5) is 15.3. The number of nitrogens with two attached hydrogens (primary N) is 1. The Kier molecular flexibility index (Phi) is 5.61. The third-order valence-electron chi connectivity index (χ3n) is 7.01. The molecule has 0 bridgehead atoms. The van der Waals surface area contributed by atoms with Crippen molar-refractivity contribution in [3.8, 4) is 0 Å². The van der Waals surface area contributed by atoms with Crippen LogP contribution in [0.4, 0.5) is 5.69 Å². The lowest BCUT2D eigenvalue weighted by molar-refractivity contribution is -0.130. The van der Waals surface area contributed by atoms with Gasteiger partial charge in [0.15, 0.2) is 0 Å². The van der Waals surface area contributed by atoms with Crippen LogP contribution in [0.1, 0.15) is 54.3 Å². The van der Waals surface area contributed by atoms with Crippen molar-refractivity contribution >= 4 is 11.6 Å². The molecular weight excluding hydrogens is 380 g/mol. The monoisotopic (exact) mass is 410 g/mol. The minimum atomic E-state index is 0.0431. The van der Waals surface area contributed by atoms with Crippen LogP contribution >= 0.6 is 0 Å². The van der Waals surface area contributed by atoms with Crippen LogP contribution in [-0.4, -0.2) is 5.91 Å². The van der Waals surface area contributed by atoms with E-state index in [2.05, 4.69) is 54.6 Å². The summed E-state index contributed by atoms with van der Waals surface area (Å²) in [6.07, 6.45) is 4.65. The molecule has 2 N–H and O–H groups in total. The van der Waals surface area contributed by atoms with Crippen molar-refractivity contribution in [2.24, 2.45) is 17.6 Å². The number of β-lactam (4-membered cyclic amide) rings is 1. The van der Waals surface area contributed by atoms with E-state index in [1.165, 1.54) is 24.0 Å². The number of benzene rings is 3. The van der Waals surface area contributed by atoms with Crippen molar-refractivity contribution in [3.63, 3.8) is 0 Å². The molecule has 0 aromatic heterocycles. The van der Waals surface area contributed by atoms with Crippen LogP contribution in [0.15, 0.2) is 84.9 Å². The van der Waals surface area contributed by atoms with Crippen molar-refractivity contribution in [3.05, 3.63) is 102 Å². The van der Waals surface area contributed by atoms with Gasteiger partial charge < -0.3 is 10.6 Å². The van der Waals surface area contributed by atoms with Gasteiger partial charge in [0.1, 0.15) is 0 Å². The van der Waals surface area contributed by atoms with Crippen molar-refractivity contribution in [1.29, 1.82) is 0 Å². The van der Waals surface area contributed by atoms with Gasteiger partial charge >= 0.3 is 0 Å². The molecule has 5 rings (SSSR count). The molecule has 1 amide bonds. The second-order valence-electron chi connectivity index (χ2n) is 8.97. The zero-order valence-electron chi connectivity index (χ0n) is 17.9. The quantitative estimate of drug-likeness (QED) is 0.475. The average Bonchev–Trinajstić information content (AvgIpc) is 3.67. The van der Waals surface area contributed by atoms with Gasteiger partial charge in [-0.05, 0) is 66.3 Å². The van der Waals surface area contributed by atoms with Crippen LogP contribution in [0.3, 0.4) is 0 Å². The summed E-state index contributed by atoms with van der Waals surface area (Å²) in [5.74, 6) is 1.65. The molecule has 3 aromatic rings. The molecular formula is C28H30N2O. The SMILES string of the molecule is NCc1ccc(N2C(=O)C(CCC(c3ccccc3)C3CC3)C2c2ccccc2)cc1. The number of anilines is 1. The molecule has 31 heavy (non-hydrogen) atoms. The molecule has 3 aromatic carbocycles. The Morgan fingerprint density at radius 3 is 2.13 bits per heavy atom. The highest BCUT2D eigenvalue weighted by molar-refractivity contribution is 6.03. The summed E-state index contributed by atoms with van der Waals surface area (Å²) in [6, 6.07) is 29.6. The number of carbonyl (C=O) groups is 1. The second-order valence-corrected chi connectivity index (χ2v) is 8.97. The van der Waals surface area contributed by atoms with Crippen molar-refractivity contribution in [2.75, 3.05) is 4.90 Å². The first kappa shape index (κ1) is 20.0. The average molecular weight is 411 g/mol. The van der Waals surface area contributed by atoms with E-state index in [9.17, 15) is 4.79 Å². The zero-order valence-corrected chi connectivity index (χ0v) is 17.9. The number of hydrogen-bond donors (Lipinski definition) is 1. The third-order valence-corrected chi connectivity index (χ3v) is 7.01. The number of nitrogens with zero attached hydrogens (tertiary/aromatic N) is 1. The molecule has 1 aliphatic heterocycles. The van der Waals surface area contributed by atoms with E-state index in [4.69, 9.17) is 5.73 Å². The first-order valence-electron chi connectivity index (χ1n) is 11.5. The first-order chi connectivity index (χ1) is 15.3. The van der Waals surface area contributed by atoms with Gasteiger partial charge in [-0.15, -0.1) is 0 Å². The molecule has 1 aliphatic carbocycles. The summed E-state index contributed by atoms with van der Waals surface area (Å²) >= 11 is 0. The van der Waals surface area contributed by atoms with E-state index in [-0.39, 0.29) is 17.9 Å². The van der Waals surface area contributed by atoms with Crippen LogP contribution in [0.2, 0.25) is 0 Å². The molecule has 1 saturated carbocycles. The molecule has 1 heterocycles. The van der Waals surface area contributed by atoms with E-state index < -0.39 is 0 Å². The Morgan fingerprint density at radius 2 is 1.52 bits per heavy atom. The molecule has 3 nitrogen and oxygen atoms in total. The molecule has 3 unspecified atom stereocenters. The fraction of sp³-hybridized carbons (Fsp3) is 0.321. The minimum Gasteiger partial charge on any atom is -0.326 e. The van der Waals surface area contributed by atoms with Crippen LogP contribution in [0, 0.1) is 11.8 Å². The molecule has 2 fully saturated rings. The third kappa shape index (κ3) is 4.03. The highest BCUT2D eigenvalue weighted by Gasteiger charge is 2.48. The van der Waals surface area contributed by atoms with Crippen molar-refractivity contribution < 1.29 is 4.79 Å². The number of amides is 1. The number of rotatable bonds is 8. The van der Waals surface area contributed by atoms with Gasteiger partial charge in [0.25, 0.3) is 0 Å². The Balaban J connectivity index is 1.37. The Bertz CT molecular complexity index is 1010. The van der Waals surface area contributed by atoms with Gasteiger partial charge in [-0.1, -0.05) is 72.8 Å². The van der Waals surface area contributed by atoms with Crippen LogP contribution < -0.4 is 10.6 Å².